The molecule has 2 rings (SSSR count). The van der Waals surface area contributed by atoms with E-state index >= 15 is 0 Å². The van der Waals surface area contributed by atoms with E-state index in [2.05, 4.69) is 10.0 Å². The Hall–Kier alpha value is -1.44. The fourth-order valence-electron chi connectivity index (χ4n) is 4.06. The van der Waals surface area contributed by atoms with E-state index in [1.807, 2.05) is 52.0 Å². The third-order valence-corrected chi connectivity index (χ3v) is 7.11. The Labute approximate surface area is 175 Å². The minimum absolute atomic E-state index is 0.0417. The molecule has 0 saturated carbocycles. The summed E-state index contributed by atoms with van der Waals surface area (Å²) in [5.41, 5.74) is 2.06. The lowest BCUT2D eigenvalue weighted by molar-refractivity contribution is -0.127. The monoisotopic (exact) mass is 424 g/mol. The van der Waals surface area contributed by atoms with Gasteiger partial charge < -0.3 is 10.4 Å². The van der Waals surface area contributed by atoms with Gasteiger partial charge in [0, 0.05) is 18.9 Å². The van der Waals surface area contributed by atoms with E-state index in [1.54, 1.807) is 0 Å². The first-order valence-electron chi connectivity index (χ1n) is 10.7. The van der Waals surface area contributed by atoms with Crippen molar-refractivity contribution in [1.29, 1.82) is 0 Å². The number of nitrogens with one attached hydrogen (secondary N) is 2. The van der Waals surface area contributed by atoms with Gasteiger partial charge in [0.2, 0.25) is 15.9 Å². The molecular formula is C22H36N2O4S. The molecule has 1 aromatic carbocycles. The molecule has 6 nitrogen and oxygen atoms in total. The van der Waals surface area contributed by atoms with Crippen molar-refractivity contribution in [1.82, 2.24) is 10.0 Å². The molecule has 1 aliphatic rings. The second-order valence-corrected chi connectivity index (χ2v) is 10.7. The first-order chi connectivity index (χ1) is 13.6. The Kier molecular flexibility index (Phi) is 8.67. The van der Waals surface area contributed by atoms with E-state index < -0.39 is 16.1 Å². The third kappa shape index (κ3) is 7.08. The molecule has 0 fully saturated rings. The Morgan fingerprint density at radius 1 is 1.24 bits per heavy atom. The Morgan fingerprint density at radius 2 is 1.93 bits per heavy atom. The molecule has 4 atom stereocenters. The fourth-order valence-corrected chi connectivity index (χ4v) is 5.59. The maximum Gasteiger partial charge on any atom is 0.223 e. The molecule has 4 unspecified atom stereocenters. The molecule has 0 bridgehead atoms. The van der Waals surface area contributed by atoms with Gasteiger partial charge in [0.05, 0.1) is 17.9 Å². The van der Waals surface area contributed by atoms with Gasteiger partial charge in [-0.3, -0.25) is 4.79 Å². The topological polar surface area (TPSA) is 95.5 Å². The normalized spacial score (nSPS) is 21.0. The molecule has 29 heavy (non-hydrogen) atoms. The summed E-state index contributed by atoms with van der Waals surface area (Å²) in [6, 6.07) is 7.43. The summed E-state index contributed by atoms with van der Waals surface area (Å²) < 4.78 is 26.8. The maximum absolute atomic E-state index is 13.0. The second kappa shape index (κ2) is 10.5. The Morgan fingerprint density at radius 3 is 2.59 bits per heavy atom. The summed E-state index contributed by atoms with van der Waals surface area (Å²) >= 11 is 0. The number of hydrogen-bond acceptors (Lipinski definition) is 4. The first-order valence-corrected chi connectivity index (χ1v) is 12.3. The molecule has 0 spiro atoms. The molecular weight excluding hydrogens is 388 g/mol. The molecule has 0 radical (unpaired) electrons. The van der Waals surface area contributed by atoms with Crippen LogP contribution in [0.4, 0.5) is 0 Å². The molecule has 1 amide bonds. The molecule has 7 heteroatoms. The van der Waals surface area contributed by atoms with E-state index in [1.165, 1.54) is 0 Å². The fraction of sp³-hybridized carbons (Fsp3) is 0.682. The molecule has 0 aliphatic heterocycles. The quantitative estimate of drug-likeness (QED) is 0.509. The minimum Gasteiger partial charge on any atom is -0.390 e. The van der Waals surface area contributed by atoms with Gasteiger partial charge >= 0.3 is 0 Å². The summed E-state index contributed by atoms with van der Waals surface area (Å²) in [6.45, 7) is 8.08. The van der Waals surface area contributed by atoms with Crippen molar-refractivity contribution >= 4 is 15.9 Å². The van der Waals surface area contributed by atoms with Gasteiger partial charge in [-0.1, -0.05) is 58.4 Å². The lowest BCUT2D eigenvalue weighted by Gasteiger charge is -2.24. The number of aliphatic hydroxyl groups is 1. The smallest absolute Gasteiger partial charge is 0.223 e. The van der Waals surface area contributed by atoms with E-state index in [4.69, 9.17) is 0 Å². The number of carbonyl (C=O) groups excluding carboxylic acids is 1. The molecule has 164 valence electrons. The van der Waals surface area contributed by atoms with Crippen LogP contribution in [0.25, 0.3) is 0 Å². The van der Waals surface area contributed by atoms with Crippen molar-refractivity contribution < 1.29 is 18.3 Å². The minimum atomic E-state index is -3.29. The second-order valence-electron chi connectivity index (χ2n) is 8.81. The van der Waals surface area contributed by atoms with Gasteiger partial charge in [-0.2, -0.15) is 0 Å². The summed E-state index contributed by atoms with van der Waals surface area (Å²) in [6.07, 6.45) is 2.15. The first kappa shape index (κ1) is 23.8. The van der Waals surface area contributed by atoms with Crippen LogP contribution in [0, 0.1) is 17.8 Å². The van der Waals surface area contributed by atoms with Crippen LogP contribution in [0.2, 0.25) is 0 Å². The third-order valence-electron chi connectivity index (χ3n) is 5.40. The summed E-state index contributed by atoms with van der Waals surface area (Å²) in [7, 11) is -3.29. The number of benzene rings is 1. The molecule has 0 saturated heterocycles. The molecule has 1 aromatic rings. The Balaban J connectivity index is 1.95. The molecule has 0 heterocycles. The van der Waals surface area contributed by atoms with Gasteiger partial charge in [-0.25, -0.2) is 13.1 Å². The summed E-state index contributed by atoms with van der Waals surface area (Å²) in [4.78, 5) is 13.0. The van der Waals surface area contributed by atoms with Gasteiger partial charge in [0.25, 0.3) is 0 Å². The van der Waals surface area contributed by atoms with Crippen molar-refractivity contribution in [2.45, 2.75) is 65.5 Å². The van der Waals surface area contributed by atoms with Crippen molar-refractivity contribution in [3.63, 3.8) is 0 Å². The number of carbonyl (C=O) groups is 1. The van der Waals surface area contributed by atoms with E-state index in [0.717, 1.165) is 24.0 Å². The number of fused-ring (bicyclic) bond motifs is 1. The highest BCUT2D eigenvalue weighted by molar-refractivity contribution is 7.89. The van der Waals surface area contributed by atoms with Crippen molar-refractivity contribution in [2.75, 3.05) is 12.3 Å². The Bertz CT molecular complexity index is 779. The van der Waals surface area contributed by atoms with Crippen LogP contribution in [0.15, 0.2) is 24.3 Å². The van der Waals surface area contributed by atoms with Crippen LogP contribution in [-0.4, -0.2) is 37.8 Å². The summed E-state index contributed by atoms with van der Waals surface area (Å²) in [5.74, 6) is -0.0476. The van der Waals surface area contributed by atoms with Crippen LogP contribution >= 0.6 is 0 Å². The van der Waals surface area contributed by atoms with Crippen molar-refractivity contribution in [2.24, 2.45) is 17.8 Å². The van der Waals surface area contributed by atoms with Crippen LogP contribution in [-0.2, 0) is 21.2 Å². The zero-order valence-electron chi connectivity index (χ0n) is 18.0. The van der Waals surface area contributed by atoms with Crippen molar-refractivity contribution in [3.8, 4) is 0 Å². The average molecular weight is 425 g/mol. The predicted octanol–water partition coefficient (Wildman–Crippen LogP) is 2.78. The van der Waals surface area contributed by atoms with E-state index in [9.17, 15) is 18.3 Å². The zero-order valence-corrected chi connectivity index (χ0v) is 18.8. The largest absolute Gasteiger partial charge is 0.390 e. The highest BCUT2D eigenvalue weighted by Gasteiger charge is 2.33. The van der Waals surface area contributed by atoms with Crippen LogP contribution in [0.3, 0.4) is 0 Å². The lowest BCUT2D eigenvalue weighted by atomic mass is 9.91. The number of aliphatic hydroxyl groups excluding tert-OH is 1. The number of hydrogen-bond donors (Lipinski definition) is 3. The van der Waals surface area contributed by atoms with E-state index in [0.29, 0.717) is 19.4 Å². The van der Waals surface area contributed by atoms with Gasteiger partial charge in [-0.15, -0.1) is 0 Å². The average Bonchev–Trinajstić information content (AvgIpc) is 2.94. The standard InChI is InChI=1S/C22H36N2O4S/c1-5-8-18(11-16(4)13-23-29(27,28)14-15(2)3)22(26)24-21-19-10-7-6-9-17(19)12-20(21)25/h6-7,9-10,15-16,18,20-21,23,25H,5,8,11-14H2,1-4H3,(H,24,26). The van der Waals surface area contributed by atoms with Crippen molar-refractivity contribution in [3.05, 3.63) is 35.4 Å². The highest BCUT2D eigenvalue weighted by atomic mass is 32.2. The predicted molar refractivity (Wildman–Crippen MR) is 116 cm³/mol. The number of amides is 1. The molecule has 3 N–H and O–H groups in total. The van der Waals surface area contributed by atoms with Crippen LogP contribution < -0.4 is 10.0 Å². The SMILES string of the molecule is CCCC(CC(C)CNS(=O)(=O)CC(C)C)C(=O)NC1c2ccccc2CC1O. The molecule has 0 aromatic heterocycles. The number of sulfonamides is 1. The van der Waals surface area contributed by atoms with Crippen LogP contribution in [0.1, 0.15) is 64.1 Å². The molecule has 1 aliphatic carbocycles. The van der Waals surface area contributed by atoms with E-state index in [-0.39, 0.29) is 35.5 Å². The highest BCUT2D eigenvalue weighted by Crippen LogP contribution is 2.32. The lowest BCUT2D eigenvalue weighted by Crippen LogP contribution is -2.39. The zero-order chi connectivity index (χ0) is 21.6. The van der Waals surface area contributed by atoms with Crippen LogP contribution in [0.5, 0.6) is 0 Å². The summed E-state index contributed by atoms with van der Waals surface area (Å²) in [5, 5.41) is 13.5. The van der Waals surface area contributed by atoms with Gasteiger partial charge in [0.1, 0.15) is 0 Å². The van der Waals surface area contributed by atoms with Gasteiger partial charge in [0.15, 0.2) is 0 Å². The maximum atomic E-state index is 13.0. The van der Waals surface area contributed by atoms with Gasteiger partial charge in [-0.05, 0) is 35.8 Å². The number of rotatable bonds is 11.